The smallest absolute Gasteiger partial charge is 0.255 e. The highest BCUT2D eigenvalue weighted by molar-refractivity contribution is 5.97. The van der Waals surface area contributed by atoms with Gasteiger partial charge in [0.25, 0.3) is 5.91 Å². The van der Waals surface area contributed by atoms with E-state index in [9.17, 15) is 9.90 Å². The van der Waals surface area contributed by atoms with Crippen molar-refractivity contribution in [3.8, 4) is 11.5 Å². The molecule has 1 aromatic carbocycles. The summed E-state index contributed by atoms with van der Waals surface area (Å²) in [6, 6.07) is 4.00. The molecule has 18 heavy (non-hydrogen) atoms. The van der Waals surface area contributed by atoms with Crippen LogP contribution in [0, 0.1) is 0 Å². The Labute approximate surface area is 105 Å². The number of carbonyl (C=O) groups excluding carboxylic acids is 1. The van der Waals surface area contributed by atoms with Crippen LogP contribution in [0.25, 0.3) is 0 Å². The van der Waals surface area contributed by atoms with E-state index in [1.807, 2.05) is 6.92 Å². The third-order valence-corrected chi connectivity index (χ3v) is 3.05. The molecule has 0 radical (unpaired) electrons. The summed E-state index contributed by atoms with van der Waals surface area (Å²) < 4.78 is 5.40. The fraction of sp³-hybridized carbons (Fsp3) is 0.462. The maximum atomic E-state index is 12.0. The highest BCUT2D eigenvalue weighted by Crippen LogP contribution is 2.23. The molecule has 1 aliphatic heterocycles. The summed E-state index contributed by atoms with van der Waals surface area (Å²) >= 11 is 0. The van der Waals surface area contributed by atoms with Gasteiger partial charge >= 0.3 is 0 Å². The van der Waals surface area contributed by atoms with Gasteiger partial charge in [0, 0.05) is 18.7 Å². The molecular formula is C13H17NO4. The first-order chi connectivity index (χ1) is 8.56. The summed E-state index contributed by atoms with van der Waals surface area (Å²) in [5, 5.41) is 21.6. The second kappa shape index (κ2) is 5.27. The summed E-state index contributed by atoms with van der Waals surface area (Å²) in [6.45, 7) is 2.60. The van der Waals surface area contributed by atoms with Gasteiger partial charge in [0.15, 0.2) is 0 Å². The number of nitrogens with one attached hydrogen (secondary N) is 1. The molecule has 0 spiro atoms. The molecule has 2 unspecified atom stereocenters. The number of carbonyl (C=O) groups is 1. The Kier molecular flexibility index (Phi) is 3.72. The standard InChI is InChI=1S/C13H17NO4/c1-8-6-9(4-5-18-8)14-13(17)11-3-2-10(15)7-12(11)16/h2-3,7-9,15-16H,4-6H2,1H3,(H,14,17). The van der Waals surface area contributed by atoms with Crippen LogP contribution in [0.15, 0.2) is 18.2 Å². The first kappa shape index (κ1) is 12.7. The van der Waals surface area contributed by atoms with Crippen LogP contribution in [0.5, 0.6) is 11.5 Å². The summed E-state index contributed by atoms with van der Waals surface area (Å²) in [5.74, 6) is -0.608. The third kappa shape index (κ3) is 2.92. The van der Waals surface area contributed by atoms with Crippen molar-refractivity contribution < 1.29 is 19.7 Å². The molecule has 1 amide bonds. The van der Waals surface area contributed by atoms with Gasteiger partial charge in [-0.15, -0.1) is 0 Å². The van der Waals surface area contributed by atoms with Gasteiger partial charge in [-0.25, -0.2) is 0 Å². The van der Waals surface area contributed by atoms with E-state index in [2.05, 4.69) is 5.32 Å². The van der Waals surface area contributed by atoms with E-state index >= 15 is 0 Å². The number of hydrogen-bond acceptors (Lipinski definition) is 4. The number of amides is 1. The van der Waals surface area contributed by atoms with Crippen LogP contribution in [-0.4, -0.2) is 34.9 Å². The molecule has 98 valence electrons. The van der Waals surface area contributed by atoms with Gasteiger partial charge in [-0.05, 0) is 31.9 Å². The van der Waals surface area contributed by atoms with Crippen LogP contribution in [0.2, 0.25) is 0 Å². The van der Waals surface area contributed by atoms with E-state index in [0.29, 0.717) is 6.61 Å². The van der Waals surface area contributed by atoms with Gasteiger partial charge in [0.2, 0.25) is 0 Å². The van der Waals surface area contributed by atoms with Crippen molar-refractivity contribution in [3.05, 3.63) is 23.8 Å². The Bertz CT molecular complexity index is 447. The Morgan fingerprint density at radius 2 is 2.22 bits per heavy atom. The average Bonchev–Trinajstić information content (AvgIpc) is 2.28. The predicted octanol–water partition coefficient (Wildman–Crippen LogP) is 1.40. The van der Waals surface area contributed by atoms with E-state index in [1.54, 1.807) is 0 Å². The second-order valence-corrected chi connectivity index (χ2v) is 4.58. The molecule has 5 heteroatoms. The second-order valence-electron chi connectivity index (χ2n) is 4.58. The third-order valence-electron chi connectivity index (χ3n) is 3.05. The molecule has 1 saturated heterocycles. The van der Waals surface area contributed by atoms with Crippen molar-refractivity contribution >= 4 is 5.91 Å². The minimum Gasteiger partial charge on any atom is -0.508 e. The largest absolute Gasteiger partial charge is 0.508 e. The van der Waals surface area contributed by atoms with Gasteiger partial charge in [-0.1, -0.05) is 0 Å². The van der Waals surface area contributed by atoms with Gasteiger partial charge < -0.3 is 20.3 Å². The quantitative estimate of drug-likeness (QED) is 0.742. The van der Waals surface area contributed by atoms with Gasteiger partial charge in [-0.2, -0.15) is 0 Å². The van der Waals surface area contributed by atoms with Crippen molar-refractivity contribution in [2.24, 2.45) is 0 Å². The first-order valence-corrected chi connectivity index (χ1v) is 6.00. The van der Waals surface area contributed by atoms with E-state index in [4.69, 9.17) is 9.84 Å². The molecule has 5 nitrogen and oxygen atoms in total. The zero-order chi connectivity index (χ0) is 13.1. The summed E-state index contributed by atoms with van der Waals surface area (Å²) in [5.41, 5.74) is 0.173. The molecule has 0 aromatic heterocycles. The van der Waals surface area contributed by atoms with Crippen molar-refractivity contribution in [2.45, 2.75) is 31.9 Å². The topological polar surface area (TPSA) is 78.8 Å². The molecule has 2 atom stereocenters. The van der Waals surface area contributed by atoms with Crippen LogP contribution in [-0.2, 0) is 4.74 Å². The molecule has 2 rings (SSSR count). The molecule has 1 aromatic rings. The van der Waals surface area contributed by atoms with Crippen molar-refractivity contribution in [1.82, 2.24) is 5.32 Å². The van der Waals surface area contributed by atoms with E-state index < -0.39 is 0 Å². The number of ether oxygens (including phenoxy) is 1. The Morgan fingerprint density at radius 3 is 2.89 bits per heavy atom. The lowest BCUT2D eigenvalue weighted by atomic mass is 10.0. The first-order valence-electron chi connectivity index (χ1n) is 6.00. The van der Waals surface area contributed by atoms with E-state index in [-0.39, 0.29) is 35.1 Å². The SMILES string of the molecule is CC1CC(NC(=O)c2ccc(O)cc2O)CCO1. The maximum Gasteiger partial charge on any atom is 0.255 e. The molecule has 3 N–H and O–H groups in total. The zero-order valence-corrected chi connectivity index (χ0v) is 10.2. The monoisotopic (exact) mass is 251 g/mol. The van der Waals surface area contributed by atoms with Crippen LogP contribution >= 0.6 is 0 Å². The highest BCUT2D eigenvalue weighted by Gasteiger charge is 2.22. The van der Waals surface area contributed by atoms with Crippen molar-refractivity contribution in [3.63, 3.8) is 0 Å². The Balaban J connectivity index is 2.03. The zero-order valence-electron chi connectivity index (χ0n) is 10.2. The lowest BCUT2D eigenvalue weighted by Gasteiger charge is -2.28. The summed E-state index contributed by atoms with van der Waals surface area (Å²) in [4.78, 5) is 12.0. The van der Waals surface area contributed by atoms with Crippen LogP contribution in [0.3, 0.4) is 0 Å². The van der Waals surface area contributed by atoms with E-state index in [0.717, 1.165) is 18.9 Å². The van der Waals surface area contributed by atoms with Crippen LogP contribution < -0.4 is 5.32 Å². The van der Waals surface area contributed by atoms with Gasteiger partial charge in [0.05, 0.1) is 11.7 Å². The molecule has 1 heterocycles. The maximum absolute atomic E-state index is 12.0. The molecule has 1 aliphatic rings. The molecular weight excluding hydrogens is 234 g/mol. The number of benzene rings is 1. The van der Waals surface area contributed by atoms with E-state index in [1.165, 1.54) is 12.1 Å². The van der Waals surface area contributed by atoms with Gasteiger partial charge in [0.1, 0.15) is 11.5 Å². The minimum absolute atomic E-state index is 0.0643. The highest BCUT2D eigenvalue weighted by atomic mass is 16.5. The predicted molar refractivity (Wildman–Crippen MR) is 65.7 cm³/mol. The van der Waals surface area contributed by atoms with Crippen LogP contribution in [0.4, 0.5) is 0 Å². The molecule has 0 bridgehead atoms. The van der Waals surface area contributed by atoms with Crippen LogP contribution in [0.1, 0.15) is 30.1 Å². The van der Waals surface area contributed by atoms with Gasteiger partial charge in [-0.3, -0.25) is 4.79 Å². The Hall–Kier alpha value is -1.75. The summed E-state index contributed by atoms with van der Waals surface area (Å²) in [6.07, 6.45) is 1.68. The lowest BCUT2D eigenvalue weighted by Crippen LogP contribution is -2.41. The minimum atomic E-state index is -0.327. The fourth-order valence-electron chi connectivity index (χ4n) is 2.10. The lowest BCUT2D eigenvalue weighted by molar-refractivity contribution is 0.0136. The number of rotatable bonds is 2. The summed E-state index contributed by atoms with van der Waals surface area (Å²) in [7, 11) is 0. The molecule has 0 aliphatic carbocycles. The molecule has 0 saturated carbocycles. The number of aromatic hydroxyl groups is 2. The Morgan fingerprint density at radius 1 is 1.44 bits per heavy atom. The molecule has 1 fully saturated rings. The van der Waals surface area contributed by atoms with Crippen molar-refractivity contribution in [1.29, 1.82) is 0 Å². The number of phenols is 2. The number of phenolic OH excluding ortho intramolecular Hbond substituents is 2. The normalized spacial score (nSPS) is 23.6. The van der Waals surface area contributed by atoms with Crippen molar-refractivity contribution in [2.75, 3.05) is 6.61 Å². The fourth-order valence-corrected chi connectivity index (χ4v) is 2.10. The number of hydrogen-bond donors (Lipinski definition) is 3. The average molecular weight is 251 g/mol.